The summed E-state index contributed by atoms with van der Waals surface area (Å²) in [5, 5.41) is 3.69. The average molecular weight is 275 g/mol. The van der Waals surface area contributed by atoms with Crippen LogP contribution in [0.2, 0.25) is 0 Å². The highest BCUT2D eigenvalue weighted by atomic mass is 16.5. The summed E-state index contributed by atoms with van der Waals surface area (Å²) in [4.78, 5) is 0. The first-order valence-corrected chi connectivity index (χ1v) is 7.97. The van der Waals surface area contributed by atoms with Gasteiger partial charge in [0, 0.05) is 6.54 Å². The number of hydrogen-bond donors (Lipinski definition) is 1. The maximum absolute atomic E-state index is 5.35. The van der Waals surface area contributed by atoms with Gasteiger partial charge >= 0.3 is 0 Å². The molecule has 20 heavy (non-hydrogen) atoms. The highest BCUT2D eigenvalue weighted by Gasteiger charge is 2.33. The maximum Gasteiger partial charge on any atom is 0.119 e. The van der Waals surface area contributed by atoms with Gasteiger partial charge in [0.05, 0.1) is 7.11 Å². The van der Waals surface area contributed by atoms with E-state index in [0.717, 1.165) is 24.8 Å². The first kappa shape index (κ1) is 15.4. The van der Waals surface area contributed by atoms with Gasteiger partial charge in [-0.3, -0.25) is 0 Å². The summed E-state index contributed by atoms with van der Waals surface area (Å²) in [5.41, 5.74) is 1.87. The van der Waals surface area contributed by atoms with Crippen LogP contribution in [0.1, 0.15) is 45.1 Å². The third-order valence-corrected chi connectivity index (χ3v) is 4.43. The second kappa shape index (κ2) is 7.12. The molecule has 1 aliphatic rings. The molecule has 1 saturated carbocycles. The monoisotopic (exact) mass is 275 g/mol. The van der Waals surface area contributed by atoms with Crippen LogP contribution < -0.4 is 10.1 Å². The predicted octanol–water partition coefficient (Wildman–Crippen LogP) is 4.04. The van der Waals surface area contributed by atoms with E-state index < -0.39 is 0 Å². The molecule has 1 aromatic carbocycles. The van der Waals surface area contributed by atoms with Crippen molar-refractivity contribution in [2.24, 2.45) is 11.3 Å². The van der Waals surface area contributed by atoms with Crippen LogP contribution in [0, 0.1) is 11.3 Å². The van der Waals surface area contributed by atoms with Crippen molar-refractivity contribution in [3.05, 3.63) is 29.8 Å². The molecule has 0 amide bonds. The van der Waals surface area contributed by atoms with Crippen LogP contribution in [0.15, 0.2) is 24.3 Å². The molecule has 0 spiro atoms. The Kier molecular flexibility index (Phi) is 5.47. The topological polar surface area (TPSA) is 21.3 Å². The predicted molar refractivity (Wildman–Crippen MR) is 85.3 cm³/mol. The third kappa shape index (κ3) is 4.24. The van der Waals surface area contributed by atoms with Gasteiger partial charge in [-0.05, 0) is 54.8 Å². The van der Waals surface area contributed by atoms with Crippen molar-refractivity contribution in [3.63, 3.8) is 0 Å². The average Bonchev–Trinajstić information content (AvgIpc) is 2.87. The zero-order valence-corrected chi connectivity index (χ0v) is 13.2. The smallest absolute Gasteiger partial charge is 0.119 e. The van der Waals surface area contributed by atoms with Gasteiger partial charge < -0.3 is 10.1 Å². The van der Waals surface area contributed by atoms with Gasteiger partial charge in [-0.2, -0.15) is 0 Å². The second-order valence-corrected chi connectivity index (χ2v) is 6.76. The van der Waals surface area contributed by atoms with Gasteiger partial charge in [0.25, 0.3) is 0 Å². The Morgan fingerprint density at radius 3 is 2.65 bits per heavy atom. The molecule has 112 valence electrons. The Morgan fingerprint density at radius 1 is 1.25 bits per heavy atom. The molecular formula is C18H29NO. The van der Waals surface area contributed by atoms with E-state index in [2.05, 4.69) is 37.4 Å². The van der Waals surface area contributed by atoms with E-state index in [9.17, 15) is 0 Å². The van der Waals surface area contributed by atoms with Crippen LogP contribution in [0.4, 0.5) is 0 Å². The molecule has 0 atom stereocenters. The fraction of sp³-hybridized carbons (Fsp3) is 0.667. The van der Waals surface area contributed by atoms with Crippen molar-refractivity contribution >= 4 is 0 Å². The van der Waals surface area contributed by atoms with E-state index in [-0.39, 0.29) is 0 Å². The molecule has 2 rings (SSSR count). The van der Waals surface area contributed by atoms with Gasteiger partial charge in [-0.1, -0.05) is 38.8 Å². The Hall–Kier alpha value is -1.02. The third-order valence-electron chi connectivity index (χ3n) is 4.43. The zero-order valence-electron chi connectivity index (χ0n) is 13.2. The summed E-state index contributed by atoms with van der Waals surface area (Å²) in [6, 6.07) is 8.58. The van der Waals surface area contributed by atoms with Crippen LogP contribution in [0.25, 0.3) is 0 Å². The van der Waals surface area contributed by atoms with Crippen molar-refractivity contribution in [1.29, 1.82) is 0 Å². The second-order valence-electron chi connectivity index (χ2n) is 6.76. The SMILES string of the molecule is COc1cccc(CC2(CNCC(C)C)CCCC2)c1. The van der Waals surface area contributed by atoms with Crippen LogP contribution in [0.5, 0.6) is 5.75 Å². The van der Waals surface area contributed by atoms with Gasteiger partial charge in [-0.25, -0.2) is 0 Å². The van der Waals surface area contributed by atoms with Crippen molar-refractivity contribution in [2.75, 3.05) is 20.2 Å². The van der Waals surface area contributed by atoms with Crippen LogP contribution in [-0.4, -0.2) is 20.2 Å². The number of nitrogens with one attached hydrogen (secondary N) is 1. The Bertz CT molecular complexity index is 408. The molecule has 1 N–H and O–H groups in total. The fourth-order valence-corrected chi connectivity index (χ4v) is 3.38. The number of benzene rings is 1. The molecule has 0 aliphatic heterocycles. The lowest BCUT2D eigenvalue weighted by Gasteiger charge is -2.30. The molecule has 1 fully saturated rings. The lowest BCUT2D eigenvalue weighted by Crippen LogP contribution is -2.35. The van der Waals surface area contributed by atoms with E-state index >= 15 is 0 Å². The molecule has 0 bridgehead atoms. The molecule has 2 heteroatoms. The minimum Gasteiger partial charge on any atom is -0.497 e. The summed E-state index contributed by atoms with van der Waals surface area (Å²) in [6.45, 7) is 6.83. The minimum absolute atomic E-state index is 0.460. The number of ether oxygens (including phenoxy) is 1. The standard InChI is InChI=1S/C18H29NO/c1-15(2)13-19-14-18(9-4-5-10-18)12-16-7-6-8-17(11-16)20-3/h6-8,11,15,19H,4-5,9-10,12-14H2,1-3H3. The first-order valence-electron chi connectivity index (χ1n) is 7.97. The summed E-state index contributed by atoms with van der Waals surface area (Å²) >= 11 is 0. The van der Waals surface area contributed by atoms with Gasteiger partial charge in [0.15, 0.2) is 0 Å². The van der Waals surface area contributed by atoms with Crippen molar-refractivity contribution in [2.45, 2.75) is 46.0 Å². The maximum atomic E-state index is 5.35. The Balaban J connectivity index is 2.00. The normalized spacial score (nSPS) is 17.6. The van der Waals surface area contributed by atoms with Crippen molar-refractivity contribution in [1.82, 2.24) is 5.32 Å². The fourth-order valence-electron chi connectivity index (χ4n) is 3.38. The molecule has 0 unspecified atom stereocenters. The quantitative estimate of drug-likeness (QED) is 0.811. The summed E-state index contributed by atoms with van der Waals surface area (Å²) in [5.74, 6) is 1.70. The van der Waals surface area contributed by atoms with E-state index in [4.69, 9.17) is 4.74 Å². The summed E-state index contributed by atoms with van der Waals surface area (Å²) < 4.78 is 5.35. The molecule has 0 radical (unpaired) electrons. The lowest BCUT2D eigenvalue weighted by atomic mass is 9.80. The molecular weight excluding hydrogens is 246 g/mol. The van der Waals surface area contributed by atoms with Gasteiger partial charge in [-0.15, -0.1) is 0 Å². The van der Waals surface area contributed by atoms with Crippen LogP contribution in [0.3, 0.4) is 0 Å². The molecule has 2 nitrogen and oxygen atoms in total. The van der Waals surface area contributed by atoms with E-state index in [1.165, 1.54) is 37.7 Å². The van der Waals surface area contributed by atoms with Gasteiger partial charge in [0.1, 0.15) is 5.75 Å². The van der Waals surface area contributed by atoms with E-state index in [1.807, 2.05) is 6.07 Å². The van der Waals surface area contributed by atoms with E-state index in [0.29, 0.717) is 5.41 Å². The Labute approximate surface area is 123 Å². The first-order chi connectivity index (χ1) is 9.63. The van der Waals surface area contributed by atoms with Crippen LogP contribution in [-0.2, 0) is 6.42 Å². The largest absolute Gasteiger partial charge is 0.497 e. The number of rotatable bonds is 7. The van der Waals surface area contributed by atoms with E-state index in [1.54, 1.807) is 7.11 Å². The molecule has 1 aliphatic carbocycles. The highest BCUT2D eigenvalue weighted by molar-refractivity contribution is 5.29. The summed E-state index contributed by atoms with van der Waals surface area (Å²) in [7, 11) is 1.74. The molecule has 0 heterocycles. The van der Waals surface area contributed by atoms with Gasteiger partial charge in [0.2, 0.25) is 0 Å². The van der Waals surface area contributed by atoms with Crippen molar-refractivity contribution < 1.29 is 4.74 Å². The molecule has 0 saturated heterocycles. The lowest BCUT2D eigenvalue weighted by molar-refractivity contribution is 0.272. The minimum atomic E-state index is 0.460. The Morgan fingerprint density at radius 2 is 2.00 bits per heavy atom. The number of hydrogen-bond acceptors (Lipinski definition) is 2. The molecule has 1 aromatic rings. The van der Waals surface area contributed by atoms with Crippen LogP contribution >= 0.6 is 0 Å². The van der Waals surface area contributed by atoms with Crippen molar-refractivity contribution in [3.8, 4) is 5.75 Å². The highest BCUT2D eigenvalue weighted by Crippen LogP contribution is 2.40. The zero-order chi connectivity index (χ0) is 14.4. The molecule has 0 aromatic heterocycles. The number of methoxy groups -OCH3 is 1. The summed E-state index contributed by atoms with van der Waals surface area (Å²) in [6.07, 6.45) is 6.65.